The fraction of sp³-hybridized carbons (Fsp3) is 0.333. The molecule has 0 aliphatic carbocycles. The number of rotatable bonds is 5. The lowest BCUT2D eigenvalue weighted by Gasteiger charge is -2.16. The van der Waals surface area contributed by atoms with Crippen LogP contribution in [0.3, 0.4) is 0 Å². The van der Waals surface area contributed by atoms with Crippen LogP contribution in [-0.4, -0.2) is 31.1 Å². The average Bonchev–Trinajstić information content (AvgIpc) is 3.03. The van der Waals surface area contributed by atoms with Gasteiger partial charge in [-0.25, -0.2) is 4.39 Å². The molecule has 3 N–H and O–H groups in total. The zero-order valence-corrected chi connectivity index (χ0v) is 12.7. The van der Waals surface area contributed by atoms with Gasteiger partial charge in [-0.2, -0.15) is 0 Å². The third kappa shape index (κ3) is 3.57. The van der Waals surface area contributed by atoms with Crippen LogP contribution in [0.4, 0.5) is 15.8 Å². The van der Waals surface area contributed by atoms with Crippen molar-refractivity contribution in [2.75, 3.05) is 37.2 Å². The highest BCUT2D eigenvalue weighted by Gasteiger charge is 2.10. The van der Waals surface area contributed by atoms with Gasteiger partial charge in [0.25, 0.3) is 0 Å². The number of anilines is 2. The van der Waals surface area contributed by atoms with Crippen molar-refractivity contribution in [3.05, 3.63) is 48.3 Å². The predicted octanol–water partition coefficient (Wildman–Crippen LogP) is 3.58. The van der Waals surface area contributed by atoms with Gasteiger partial charge >= 0.3 is 0 Å². The highest BCUT2D eigenvalue weighted by Crippen LogP contribution is 2.27. The molecule has 0 bridgehead atoms. The number of hydrogen-bond acceptors (Lipinski definition) is 3. The lowest BCUT2D eigenvalue weighted by atomic mass is 10.0. The van der Waals surface area contributed by atoms with E-state index >= 15 is 0 Å². The minimum Gasteiger partial charge on any atom is -0.397 e. The molecular formula is C18H22FN3. The first kappa shape index (κ1) is 14.9. The average molecular weight is 299 g/mol. The second kappa shape index (κ2) is 6.79. The maximum absolute atomic E-state index is 13.0. The zero-order chi connectivity index (χ0) is 15.4. The van der Waals surface area contributed by atoms with Gasteiger partial charge in [0.1, 0.15) is 5.82 Å². The van der Waals surface area contributed by atoms with Crippen LogP contribution in [0, 0.1) is 5.82 Å². The molecule has 2 aromatic carbocycles. The van der Waals surface area contributed by atoms with Crippen molar-refractivity contribution in [1.29, 1.82) is 0 Å². The van der Waals surface area contributed by atoms with Crippen molar-refractivity contribution in [2.24, 2.45) is 0 Å². The number of nitrogens with two attached hydrogens (primary N) is 1. The van der Waals surface area contributed by atoms with Crippen molar-refractivity contribution in [3.63, 3.8) is 0 Å². The maximum Gasteiger partial charge on any atom is 0.123 e. The first-order chi connectivity index (χ1) is 10.7. The highest BCUT2D eigenvalue weighted by molar-refractivity contribution is 5.76. The quantitative estimate of drug-likeness (QED) is 0.829. The van der Waals surface area contributed by atoms with Crippen LogP contribution in [-0.2, 0) is 0 Å². The monoisotopic (exact) mass is 299 g/mol. The van der Waals surface area contributed by atoms with Crippen LogP contribution in [0.2, 0.25) is 0 Å². The number of hydrogen-bond donors (Lipinski definition) is 2. The van der Waals surface area contributed by atoms with Gasteiger partial charge in [-0.15, -0.1) is 0 Å². The van der Waals surface area contributed by atoms with Gasteiger partial charge in [-0.1, -0.05) is 18.2 Å². The standard InChI is InChI=1S/C18H22FN3/c19-16-6-3-14(4-7-16)15-5-8-17(20)18(13-15)21-9-12-22-10-1-2-11-22/h3-8,13,21H,1-2,9-12,20H2. The Bertz CT molecular complexity index is 619. The molecule has 1 aliphatic rings. The van der Waals surface area contributed by atoms with Crippen LogP contribution < -0.4 is 11.1 Å². The summed E-state index contributed by atoms with van der Waals surface area (Å²) >= 11 is 0. The molecule has 3 nitrogen and oxygen atoms in total. The third-order valence-electron chi connectivity index (χ3n) is 4.17. The van der Waals surface area contributed by atoms with Gasteiger partial charge in [0.15, 0.2) is 0 Å². The minimum absolute atomic E-state index is 0.219. The fourth-order valence-corrected chi connectivity index (χ4v) is 2.89. The Balaban J connectivity index is 1.68. The summed E-state index contributed by atoms with van der Waals surface area (Å²) in [6, 6.07) is 12.4. The number of nitrogen functional groups attached to an aromatic ring is 1. The summed E-state index contributed by atoms with van der Waals surface area (Å²) in [4.78, 5) is 2.47. The number of benzene rings is 2. The first-order valence-electron chi connectivity index (χ1n) is 7.84. The van der Waals surface area contributed by atoms with Gasteiger partial charge in [0, 0.05) is 13.1 Å². The molecule has 1 heterocycles. The van der Waals surface area contributed by atoms with Crippen molar-refractivity contribution in [3.8, 4) is 11.1 Å². The Morgan fingerprint density at radius 1 is 1.00 bits per heavy atom. The van der Waals surface area contributed by atoms with Crippen molar-refractivity contribution in [1.82, 2.24) is 4.90 Å². The second-order valence-electron chi connectivity index (χ2n) is 5.78. The molecule has 0 atom stereocenters. The van der Waals surface area contributed by atoms with E-state index in [2.05, 4.69) is 10.2 Å². The van der Waals surface area contributed by atoms with E-state index < -0.39 is 0 Å². The zero-order valence-electron chi connectivity index (χ0n) is 12.7. The van der Waals surface area contributed by atoms with E-state index in [0.29, 0.717) is 0 Å². The molecule has 0 amide bonds. The number of halogens is 1. The van der Waals surface area contributed by atoms with Crippen LogP contribution in [0.25, 0.3) is 11.1 Å². The third-order valence-corrected chi connectivity index (χ3v) is 4.17. The summed E-state index contributed by atoms with van der Waals surface area (Å²) in [5.74, 6) is -0.219. The van der Waals surface area contributed by atoms with Gasteiger partial charge in [0.05, 0.1) is 11.4 Å². The summed E-state index contributed by atoms with van der Waals surface area (Å²) in [5, 5.41) is 3.42. The lowest BCUT2D eigenvalue weighted by molar-refractivity contribution is 0.353. The Hall–Kier alpha value is -2.07. The molecule has 0 aromatic heterocycles. The van der Waals surface area contributed by atoms with Crippen molar-refractivity contribution in [2.45, 2.75) is 12.8 Å². The molecule has 0 saturated carbocycles. The molecule has 4 heteroatoms. The van der Waals surface area contributed by atoms with Gasteiger partial charge < -0.3 is 16.0 Å². The van der Waals surface area contributed by atoms with E-state index in [1.165, 1.54) is 38.1 Å². The molecule has 1 saturated heterocycles. The van der Waals surface area contributed by atoms with E-state index in [9.17, 15) is 4.39 Å². The number of nitrogens with one attached hydrogen (secondary N) is 1. The Labute approximate surface area is 130 Å². The molecule has 22 heavy (non-hydrogen) atoms. The maximum atomic E-state index is 13.0. The largest absolute Gasteiger partial charge is 0.397 e. The van der Waals surface area contributed by atoms with E-state index in [1.807, 2.05) is 18.2 Å². The normalized spacial score (nSPS) is 15.1. The summed E-state index contributed by atoms with van der Waals surface area (Å²) in [7, 11) is 0. The Morgan fingerprint density at radius 2 is 1.68 bits per heavy atom. The number of likely N-dealkylation sites (tertiary alicyclic amines) is 1. The molecular weight excluding hydrogens is 277 g/mol. The topological polar surface area (TPSA) is 41.3 Å². The summed E-state index contributed by atoms with van der Waals surface area (Å²) in [6.45, 7) is 4.33. The smallest absolute Gasteiger partial charge is 0.123 e. The van der Waals surface area contributed by atoms with E-state index in [1.54, 1.807) is 12.1 Å². The van der Waals surface area contributed by atoms with E-state index in [-0.39, 0.29) is 5.82 Å². The molecule has 0 radical (unpaired) electrons. The molecule has 0 unspecified atom stereocenters. The van der Waals surface area contributed by atoms with Crippen molar-refractivity contribution >= 4 is 11.4 Å². The van der Waals surface area contributed by atoms with Crippen molar-refractivity contribution < 1.29 is 4.39 Å². The molecule has 116 valence electrons. The molecule has 3 rings (SSSR count). The van der Waals surface area contributed by atoms with Crippen LogP contribution in [0.1, 0.15) is 12.8 Å². The molecule has 0 spiro atoms. The Kier molecular flexibility index (Phi) is 4.59. The minimum atomic E-state index is -0.219. The van der Waals surface area contributed by atoms with Crippen LogP contribution in [0.15, 0.2) is 42.5 Å². The van der Waals surface area contributed by atoms with E-state index in [0.717, 1.165) is 35.6 Å². The molecule has 2 aromatic rings. The SMILES string of the molecule is Nc1ccc(-c2ccc(F)cc2)cc1NCCN1CCCC1. The first-order valence-corrected chi connectivity index (χ1v) is 7.84. The van der Waals surface area contributed by atoms with Crippen LogP contribution >= 0.6 is 0 Å². The van der Waals surface area contributed by atoms with Gasteiger partial charge in [-0.05, 0) is 61.3 Å². The molecule has 1 fully saturated rings. The second-order valence-corrected chi connectivity index (χ2v) is 5.78. The molecule has 1 aliphatic heterocycles. The van der Waals surface area contributed by atoms with E-state index in [4.69, 9.17) is 5.73 Å². The van der Waals surface area contributed by atoms with Gasteiger partial charge in [0.2, 0.25) is 0 Å². The number of nitrogens with zero attached hydrogens (tertiary/aromatic N) is 1. The fourth-order valence-electron chi connectivity index (χ4n) is 2.89. The lowest BCUT2D eigenvalue weighted by Crippen LogP contribution is -2.26. The Morgan fingerprint density at radius 3 is 2.41 bits per heavy atom. The highest BCUT2D eigenvalue weighted by atomic mass is 19.1. The summed E-state index contributed by atoms with van der Waals surface area (Å²) in [6.07, 6.45) is 2.62. The predicted molar refractivity (Wildman–Crippen MR) is 90.4 cm³/mol. The van der Waals surface area contributed by atoms with Gasteiger partial charge in [-0.3, -0.25) is 0 Å². The summed E-state index contributed by atoms with van der Waals surface area (Å²) in [5.41, 5.74) is 9.77. The van der Waals surface area contributed by atoms with Crippen LogP contribution in [0.5, 0.6) is 0 Å². The summed E-state index contributed by atoms with van der Waals surface area (Å²) < 4.78 is 13.0.